The van der Waals surface area contributed by atoms with Crippen LogP contribution in [0.3, 0.4) is 0 Å². The van der Waals surface area contributed by atoms with E-state index in [1.54, 1.807) is 0 Å². The molecule has 2 amide bonds. The molecule has 0 spiro atoms. The van der Waals surface area contributed by atoms with Gasteiger partial charge in [0.1, 0.15) is 0 Å². The third kappa shape index (κ3) is 0.998. The van der Waals surface area contributed by atoms with E-state index in [4.69, 9.17) is 5.11 Å². The van der Waals surface area contributed by atoms with Crippen molar-refractivity contribution in [3.8, 4) is 0 Å². The lowest BCUT2D eigenvalue weighted by atomic mass is 10.3. The maximum atomic E-state index is 10.7. The van der Waals surface area contributed by atoms with Crippen molar-refractivity contribution in [3.05, 3.63) is 0 Å². The first-order valence-electron chi connectivity index (χ1n) is 2.37. The summed E-state index contributed by atoms with van der Waals surface area (Å²) < 4.78 is -1.34. The highest BCUT2D eigenvalue weighted by Gasteiger charge is 2.51. The van der Waals surface area contributed by atoms with Gasteiger partial charge in [0.05, 0.1) is 0 Å². The van der Waals surface area contributed by atoms with Gasteiger partial charge in [0, 0.05) is 0 Å². The number of aliphatic hydroxyl groups excluding tert-OH is 1. The molecule has 1 fully saturated rings. The summed E-state index contributed by atoms with van der Waals surface area (Å²) in [6.07, 6.45) is -1.36. The lowest BCUT2D eigenvalue weighted by Crippen LogP contribution is -2.32. The van der Waals surface area contributed by atoms with Gasteiger partial charge in [0.15, 0.2) is 9.34 Å². The van der Waals surface area contributed by atoms with E-state index in [-0.39, 0.29) is 0 Å². The van der Waals surface area contributed by atoms with Crippen molar-refractivity contribution < 1.29 is 14.7 Å². The number of halogens is 2. The zero-order valence-corrected chi connectivity index (χ0v) is 7.77. The van der Waals surface area contributed by atoms with Gasteiger partial charge in [0.25, 0.3) is 11.8 Å². The summed E-state index contributed by atoms with van der Waals surface area (Å²) >= 11 is 5.69. The molecule has 2 N–H and O–H groups in total. The van der Waals surface area contributed by atoms with Crippen molar-refractivity contribution in [3.63, 3.8) is 0 Å². The zero-order valence-electron chi connectivity index (χ0n) is 4.60. The minimum Gasteiger partial charge on any atom is -0.380 e. The molecule has 1 rings (SSSR count). The van der Waals surface area contributed by atoms with Crippen LogP contribution in [0.5, 0.6) is 0 Å². The SMILES string of the molecule is O=C1NC(=O)C(Br)(Br)C1O. The standard InChI is InChI=1S/C4H3Br2NO3/c5-4(6)1(8)2(9)7-3(4)10/h1,8H,(H,7,9,10). The Hall–Kier alpha value is 0.0600. The van der Waals surface area contributed by atoms with Crippen molar-refractivity contribution in [1.82, 2.24) is 5.32 Å². The highest BCUT2D eigenvalue weighted by molar-refractivity contribution is 9.26. The van der Waals surface area contributed by atoms with Gasteiger partial charge in [-0.2, -0.15) is 0 Å². The molecular formula is C4H3Br2NO3. The van der Waals surface area contributed by atoms with Crippen LogP contribution in [0, 0.1) is 0 Å². The normalized spacial score (nSPS) is 30.5. The van der Waals surface area contributed by atoms with Crippen LogP contribution >= 0.6 is 31.9 Å². The van der Waals surface area contributed by atoms with Gasteiger partial charge in [-0.05, 0) is 0 Å². The number of hydrogen-bond donors (Lipinski definition) is 2. The first-order chi connectivity index (χ1) is 4.46. The van der Waals surface area contributed by atoms with E-state index in [9.17, 15) is 9.59 Å². The summed E-state index contributed by atoms with van der Waals surface area (Å²) in [5, 5.41) is 10.9. The van der Waals surface area contributed by atoms with Crippen molar-refractivity contribution in [2.45, 2.75) is 9.34 Å². The highest BCUT2D eigenvalue weighted by atomic mass is 79.9. The quantitative estimate of drug-likeness (QED) is 0.461. The van der Waals surface area contributed by atoms with E-state index in [2.05, 4.69) is 31.9 Å². The maximum absolute atomic E-state index is 10.7. The molecule has 1 aliphatic heterocycles. The summed E-state index contributed by atoms with van der Waals surface area (Å²) in [4.78, 5) is 21.3. The van der Waals surface area contributed by atoms with Gasteiger partial charge >= 0.3 is 0 Å². The molecule has 0 aromatic heterocycles. The first-order valence-corrected chi connectivity index (χ1v) is 3.96. The average molecular weight is 273 g/mol. The molecular weight excluding hydrogens is 270 g/mol. The van der Waals surface area contributed by atoms with E-state index in [0.29, 0.717) is 0 Å². The van der Waals surface area contributed by atoms with Crippen LogP contribution in [-0.2, 0) is 9.59 Å². The van der Waals surface area contributed by atoms with Crippen LogP contribution in [-0.4, -0.2) is 26.3 Å². The van der Waals surface area contributed by atoms with Crippen molar-refractivity contribution in [2.24, 2.45) is 0 Å². The minimum absolute atomic E-state index is 0.579. The van der Waals surface area contributed by atoms with E-state index in [0.717, 1.165) is 0 Å². The fraction of sp³-hybridized carbons (Fsp3) is 0.500. The largest absolute Gasteiger partial charge is 0.380 e. The molecule has 1 atom stereocenters. The molecule has 1 saturated heterocycles. The average Bonchev–Trinajstić information content (AvgIpc) is 1.97. The van der Waals surface area contributed by atoms with Crippen LogP contribution < -0.4 is 5.32 Å². The number of rotatable bonds is 0. The molecule has 0 bridgehead atoms. The molecule has 10 heavy (non-hydrogen) atoms. The molecule has 1 aliphatic rings. The molecule has 1 unspecified atom stereocenters. The number of imide groups is 1. The van der Waals surface area contributed by atoms with Gasteiger partial charge < -0.3 is 5.11 Å². The predicted octanol–water partition coefficient (Wildman–Crippen LogP) is -0.510. The molecule has 0 aliphatic carbocycles. The number of amides is 2. The predicted molar refractivity (Wildman–Crippen MR) is 39.7 cm³/mol. The Morgan fingerprint density at radius 2 is 2.00 bits per heavy atom. The number of carbonyl (C=O) groups excluding carboxylic acids is 2. The lowest BCUT2D eigenvalue weighted by Gasteiger charge is -2.10. The lowest BCUT2D eigenvalue weighted by molar-refractivity contribution is -0.127. The van der Waals surface area contributed by atoms with Crippen molar-refractivity contribution >= 4 is 43.7 Å². The maximum Gasteiger partial charge on any atom is 0.258 e. The second-order valence-electron chi connectivity index (χ2n) is 1.84. The summed E-state index contributed by atoms with van der Waals surface area (Å²) in [7, 11) is 0. The molecule has 0 aromatic carbocycles. The molecule has 0 radical (unpaired) electrons. The molecule has 0 saturated carbocycles. The first kappa shape index (κ1) is 8.16. The van der Waals surface area contributed by atoms with Gasteiger partial charge in [-0.1, -0.05) is 31.9 Å². The minimum atomic E-state index is -1.36. The second kappa shape index (κ2) is 2.28. The highest BCUT2D eigenvalue weighted by Crippen LogP contribution is 2.34. The van der Waals surface area contributed by atoms with Crippen LogP contribution in [0.15, 0.2) is 0 Å². The van der Waals surface area contributed by atoms with E-state index in [1.165, 1.54) is 0 Å². The van der Waals surface area contributed by atoms with Crippen LogP contribution in [0.4, 0.5) is 0 Å². The third-order valence-corrected chi connectivity index (χ3v) is 2.72. The van der Waals surface area contributed by atoms with E-state index >= 15 is 0 Å². The summed E-state index contributed by atoms with van der Waals surface area (Å²) in [6, 6.07) is 0. The van der Waals surface area contributed by atoms with Gasteiger partial charge in [-0.15, -0.1) is 0 Å². The van der Waals surface area contributed by atoms with Crippen molar-refractivity contribution in [2.75, 3.05) is 0 Å². The monoisotopic (exact) mass is 271 g/mol. The Kier molecular flexibility index (Phi) is 1.86. The van der Waals surface area contributed by atoms with Crippen molar-refractivity contribution in [1.29, 1.82) is 0 Å². The fourth-order valence-electron chi connectivity index (χ4n) is 0.552. The van der Waals surface area contributed by atoms with Crippen LogP contribution in [0.25, 0.3) is 0 Å². The number of hydrogen-bond acceptors (Lipinski definition) is 3. The van der Waals surface area contributed by atoms with Gasteiger partial charge in [-0.25, -0.2) is 0 Å². The van der Waals surface area contributed by atoms with E-state index < -0.39 is 21.2 Å². The Morgan fingerprint density at radius 3 is 2.10 bits per heavy atom. The summed E-state index contributed by atoms with van der Waals surface area (Å²) in [5.74, 6) is -1.27. The number of nitrogens with one attached hydrogen (secondary N) is 1. The topological polar surface area (TPSA) is 66.4 Å². The number of aliphatic hydroxyl groups is 1. The van der Waals surface area contributed by atoms with Crippen LogP contribution in [0.2, 0.25) is 0 Å². The Balaban J connectivity index is 2.96. The second-order valence-corrected chi connectivity index (χ2v) is 5.41. The smallest absolute Gasteiger partial charge is 0.258 e. The number of carbonyl (C=O) groups is 2. The Morgan fingerprint density at radius 1 is 1.50 bits per heavy atom. The van der Waals surface area contributed by atoms with Gasteiger partial charge in [0.2, 0.25) is 0 Å². The number of alkyl halides is 2. The molecule has 4 nitrogen and oxygen atoms in total. The summed E-state index contributed by atoms with van der Waals surface area (Å²) in [6.45, 7) is 0. The molecule has 56 valence electrons. The Bertz CT molecular complexity index is 203. The zero-order chi connectivity index (χ0) is 7.94. The third-order valence-electron chi connectivity index (χ3n) is 1.13. The molecule has 6 heteroatoms. The molecule has 1 heterocycles. The summed E-state index contributed by atoms with van der Waals surface area (Å²) in [5.41, 5.74) is 0. The van der Waals surface area contributed by atoms with Gasteiger partial charge in [-0.3, -0.25) is 14.9 Å². The Labute approximate surface area is 73.2 Å². The fourth-order valence-corrected chi connectivity index (χ4v) is 1.17. The van der Waals surface area contributed by atoms with E-state index in [1.807, 2.05) is 5.32 Å². The molecule has 0 aromatic rings. The van der Waals surface area contributed by atoms with Crippen LogP contribution in [0.1, 0.15) is 0 Å².